The molecule has 4 aromatic rings. The molecule has 0 spiro atoms. The molecule has 1 heterocycles. The maximum atomic E-state index is 12.3. The van der Waals surface area contributed by atoms with Crippen LogP contribution in [0.3, 0.4) is 0 Å². The summed E-state index contributed by atoms with van der Waals surface area (Å²) in [4.78, 5) is 12.3. The molecule has 30 heavy (non-hydrogen) atoms. The molecule has 0 N–H and O–H groups in total. The molecule has 0 fully saturated rings. The Morgan fingerprint density at radius 1 is 0.900 bits per heavy atom. The Kier molecular flexibility index (Phi) is 4.75. The van der Waals surface area contributed by atoms with E-state index in [1.807, 2.05) is 73.7 Å². The molecule has 0 saturated heterocycles. The predicted molar refractivity (Wildman–Crippen MR) is 117 cm³/mol. The van der Waals surface area contributed by atoms with Crippen molar-refractivity contribution in [3.8, 4) is 17.2 Å². The molecule has 0 atom stereocenters. The van der Waals surface area contributed by atoms with Crippen LogP contribution in [0, 0.1) is 6.92 Å². The third kappa shape index (κ3) is 3.45. The van der Waals surface area contributed by atoms with E-state index in [1.54, 1.807) is 0 Å². The maximum Gasteiger partial charge on any atom is 0.339 e. The minimum atomic E-state index is -0.207. The smallest absolute Gasteiger partial charge is 0.339 e. The molecular formula is C26H22O4. The van der Waals surface area contributed by atoms with Gasteiger partial charge in [-0.05, 0) is 73.7 Å². The summed E-state index contributed by atoms with van der Waals surface area (Å²) >= 11 is 0. The zero-order valence-corrected chi connectivity index (χ0v) is 16.8. The summed E-state index contributed by atoms with van der Waals surface area (Å²) < 4.78 is 17.6. The van der Waals surface area contributed by atoms with Crippen LogP contribution >= 0.6 is 0 Å². The monoisotopic (exact) mass is 398 g/mol. The van der Waals surface area contributed by atoms with Crippen molar-refractivity contribution in [3.05, 3.63) is 99.4 Å². The van der Waals surface area contributed by atoms with Crippen molar-refractivity contribution in [2.45, 2.75) is 32.8 Å². The van der Waals surface area contributed by atoms with Gasteiger partial charge < -0.3 is 13.9 Å². The van der Waals surface area contributed by atoms with Gasteiger partial charge in [-0.3, -0.25) is 0 Å². The third-order valence-corrected chi connectivity index (χ3v) is 5.61. The lowest BCUT2D eigenvalue weighted by atomic mass is 10.0. The van der Waals surface area contributed by atoms with Gasteiger partial charge in [-0.2, -0.15) is 0 Å². The van der Waals surface area contributed by atoms with Crippen molar-refractivity contribution in [1.82, 2.24) is 0 Å². The van der Waals surface area contributed by atoms with Crippen LogP contribution in [0.15, 0.2) is 75.9 Å². The van der Waals surface area contributed by atoms with Crippen LogP contribution in [0.5, 0.6) is 17.2 Å². The summed E-state index contributed by atoms with van der Waals surface area (Å²) in [6.07, 6.45) is 2.76. The van der Waals surface area contributed by atoms with Crippen LogP contribution in [-0.2, 0) is 19.4 Å². The summed E-state index contributed by atoms with van der Waals surface area (Å²) in [7, 11) is 0. The third-order valence-electron chi connectivity index (χ3n) is 5.61. The average Bonchev–Trinajstić information content (AvgIpc) is 3.26. The molecule has 0 aliphatic heterocycles. The van der Waals surface area contributed by atoms with Gasteiger partial charge in [0.1, 0.15) is 29.4 Å². The van der Waals surface area contributed by atoms with Gasteiger partial charge in [-0.25, -0.2) is 4.79 Å². The van der Waals surface area contributed by atoms with Crippen LogP contribution in [0.1, 0.15) is 28.7 Å². The largest absolute Gasteiger partial charge is 0.488 e. The Morgan fingerprint density at radius 3 is 2.57 bits per heavy atom. The highest BCUT2D eigenvalue weighted by molar-refractivity contribution is 5.86. The van der Waals surface area contributed by atoms with Gasteiger partial charge in [0.2, 0.25) is 0 Å². The number of hydrogen-bond donors (Lipinski definition) is 0. The Bertz CT molecular complexity index is 1270. The summed E-state index contributed by atoms with van der Waals surface area (Å²) in [5.74, 6) is 2.28. The first kappa shape index (κ1) is 18.5. The normalized spacial score (nSPS) is 12.7. The van der Waals surface area contributed by atoms with E-state index in [0.29, 0.717) is 12.2 Å². The number of hydrogen-bond acceptors (Lipinski definition) is 4. The van der Waals surface area contributed by atoms with Crippen LogP contribution in [-0.4, -0.2) is 0 Å². The van der Waals surface area contributed by atoms with Crippen molar-refractivity contribution in [2.75, 3.05) is 0 Å². The second-order valence-corrected chi connectivity index (χ2v) is 7.62. The molecule has 0 radical (unpaired) electrons. The highest BCUT2D eigenvalue weighted by Gasteiger charge is 2.21. The van der Waals surface area contributed by atoms with Gasteiger partial charge in [0.05, 0.1) is 0 Å². The highest BCUT2D eigenvalue weighted by atomic mass is 16.5. The molecule has 0 saturated carbocycles. The van der Waals surface area contributed by atoms with Crippen LogP contribution in [0.2, 0.25) is 0 Å². The quantitative estimate of drug-likeness (QED) is 0.389. The predicted octanol–water partition coefficient (Wildman–Crippen LogP) is 5.96. The standard InChI is InChI=1S/C26H22O4/c1-17-24(14-13-22-21-11-6-12-23(21)26(27)30-25(17)22)28-16-18-7-5-10-20(15-18)29-19-8-3-2-4-9-19/h2-5,7-10,13-15H,6,11-12,16H2,1H3. The number of rotatable bonds is 5. The minimum Gasteiger partial charge on any atom is -0.488 e. The van der Waals surface area contributed by atoms with E-state index in [-0.39, 0.29) is 5.63 Å². The Hall–Kier alpha value is -3.53. The molecule has 0 amide bonds. The molecule has 150 valence electrons. The van der Waals surface area contributed by atoms with Crippen LogP contribution in [0.4, 0.5) is 0 Å². The Labute approximate surface area is 174 Å². The van der Waals surface area contributed by atoms with E-state index in [1.165, 1.54) is 0 Å². The van der Waals surface area contributed by atoms with Crippen molar-refractivity contribution < 1.29 is 13.9 Å². The molecule has 5 rings (SSSR count). The SMILES string of the molecule is Cc1c(OCc2cccc(Oc3ccccc3)c2)ccc2c3c(c(=O)oc12)CCC3. The fraction of sp³-hybridized carbons (Fsp3) is 0.192. The van der Waals surface area contributed by atoms with Crippen molar-refractivity contribution in [1.29, 1.82) is 0 Å². The highest BCUT2D eigenvalue weighted by Crippen LogP contribution is 2.33. The van der Waals surface area contributed by atoms with Gasteiger partial charge >= 0.3 is 5.63 Å². The molecule has 0 unspecified atom stereocenters. The molecule has 1 aromatic heterocycles. The van der Waals surface area contributed by atoms with Crippen molar-refractivity contribution >= 4 is 11.0 Å². The zero-order chi connectivity index (χ0) is 20.5. The fourth-order valence-electron chi connectivity index (χ4n) is 4.10. The summed E-state index contributed by atoms with van der Waals surface area (Å²) in [5, 5.41) is 1.03. The minimum absolute atomic E-state index is 0.207. The first-order valence-electron chi connectivity index (χ1n) is 10.2. The molecule has 4 heteroatoms. The molecule has 1 aliphatic rings. The molecular weight excluding hydrogens is 376 g/mol. The van der Waals surface area contributed by atoms with E-state index in [2.05, 4.69) is 0 Å². The number of para-hydroxylation sites is 1. The lowest BCUT2D eigenvalue weighted by molar-refractivity contribution is 0.303. The average molecular weight is 398 g/mol. The van der Waals surface area contributed by atoms with E-state index in [0.717, 1.165) is 64.2 Å². The van der Waals surface area contributed by atoms with Crippen molar-refractivity contribution in [3.63, 3.8) is 0 Å². The van der Waals surface area contributed by atoms with E-state index in [9.17, 15) is 4.79 Å². The fourth-order valence-corrected chi connectivity index (χ4v) is 4.10. The van der Waals surface area contributed by atoms with E-state index < -0.39 is 0 Å². The van der Waals surface area contributed by atoms with Gasteiger partial charge in [-0.1, -0.05) is 30.3 Å². The van der Waals surface area contributed by atoms with Crippen LogP contribution in [0.25, 0.3) is 11.0 Å². The van der Waals surface area contributed by atoms with E-state index in [4.69, 9.17) is 13.9 Å². The van der Waals surface area contributed by atoms with Gasteiger partial charge in [-0.15, -0.1) is 0 Å². The number of aryl methyl sites for hydroxylation is 2. The maximum absolute atomic E-state index is 12.3. The van der Waals surface area contributed by atoms with Crippen LogP contribution < -0.4 is 15.1 Å². The Balaban J connectivity index is 1.38. The van der Waals surface area contributed by atoms with Gasteiger partial charge in [0, 0.05) is 16.5 Å². The topological polar surface area (TPSA) is 48.7 Å². The van der Waals surface area contributed by atoms with Gasteiger partial charge in [0.15, 0.2) is 0 Å². The first-order valence-corrected chi connectivity index (χ1v) is 10.2. The summed E-state index contributed by atoms with van der Waals surface area (Å²) in [5.41, 5.74) is 4.27. The van der Waals surface area contributed by atoms with E-state index >= 15 is 0 Å². The summed E-state index contributed by atoms with van der Waals surface area (Å²) in [6.45, 7) is 2.34. The second-order valence-electron chi connectivity index (χ2n) is 7.62. The molecule has 1 aliphatic carbocycles. The lowest BCUT2D eigenvalue weighted by Crippen LogP contribution is -2.08. The molecule has 0 bridgehead atoms. The number of fused-ring (bicyclic) bond motifs is 3. The molecule has 4 nitrogen and oxygen atoms in total. The number of benzene rings is 3. The second kappa shape index (κ2) is 7.71. The zero-order valence-electron chi connectivity index (χ0n) is 16.8. The summed E-state index contributed by atoms with van der Waals surface area (Å²) in [6, 6.07) is 21.5. The van der Waals surface area contributed by atoms with Gasteiger partial charge in [0.25, 0.3) is 0 Å². The first-order chi connectivity index (χ1) is 14.7. The number of ether oxygens (including phenoxy) is 2. The molecule has 3 aromatic carbocycles. The Morgan fingerprint density at radius 2 is 1.70 bits per heavy atom. The lowest BCUT2D eigenvalue weighted by Gasteiger charge is -2.13. The van der Waals surface area contributed by atoms with Crippen molar-refractivity contribution in [2.24, 2.45) is 0 Å².